The fourth-order valence-electron chi connectivity index (χ4n) is 3.45. The SMILES string of the molecule is CCCNC(c1cccc(CC)c1)C(CC)(CC)N(C)C. The summed E-state index contributed by atoms with van der Waals surface area (Å²) in [6, 6.07) is 9.50. The Hall–Kier alpha value is -0.860. The van der Waals surface area contributed by atoms with Gasteiger partial charge in [-0.05, 0) is 57.5 Å². The molecule has 1 aromatic rings. The van der Waals surface area contributed by atoms with E-state index >= 15 is 0 Å². The molecule has 0 amide bonds. The maximum absolute atomic E-state index is 3.82. The molecule has 0 saturated carbocycles. The van der Waals surface area contributed by atoms with Crippen LogP contribution in [0.25, 0.3) is 0 Å². The van der Waals surface area contributed by atoms with Crippen molar-refractivity contribution in [1.29, 1.82) is 0 Å². The lowest BCUT2D eigenvalue weighted by Gasteiger charge is -2.46. The highest BCUT2D eigenvalue weighted by molar-refractivity contribution is 5.29. The third-order valence-electron chi connectivity index (χ3n) is 4.94. The Balaban J connectivity index is 3.24. The van der Waals surface area contributed by atoms with E-state index in [0.29, 0.717) is 6.04 Å². The highest BCUT2D eigenvalue weighted by atomic mass is 15.2. The van der Waals surface area contributed by atoms with Crippen molar-refractivity contribution in [1.82, 2.24) is 10.2 Å². The van der Waals surface area contributed by atoms with Gasteiger partial charge in [0.25, 0.3) is 0 Å². The Morgan fingerprint density at radius 1 is 1.10 bits per heavy atom. The van der Waals surface area contributed by atoms with E-state index in [1.165, 1.54) is 17.5 Å². The van der Waals surface area contributed by atoms with Gasteiger partial charge >= 0.3 is 0 Å². The molecule has 1 rings (SSSR count). The van der Waals surface area contributed by atoms with E-state index in [9.17, 15) is 0 Å². The monoisotopic (exact) mass is 290 g/mol. The van der Waals surface area contributed by atoms with Crippen molar-refractivity contribution in [3.63, 3.8) is 0 Å². The van der Waals surface area contributed by atoms with E-state index in [1.54, 1.807) is 0 Å². The lowest BCUT2D eigenvalue weighted by atomic mass is 9.79. The molecule has 1 aromatic carbocycles. The highest BCUT2D eigenvalue weighted by Crippen LogP contribution is 2.36. The number of nitrogens with one attached hydrogen (secondary N) is 1. The van der Waals surface area contributed by atoms with Gasteiger partial charge in [0.2, 0.25) is 0 Å². The lowest BCUT2D eigenvalue weighted by Crippen LogP contribution is -2.53. The van der Waals surface area contributed by atoms with E-state index in [1.807, 2.05) is 0 Å². The summed E-state index contributed by atoms with van der Waals surface area (Å²) < 4.78 is 0. The molecule has 1 N–H and O–H groups in total. The van der Waals surface area contributed by atoms with Gasteiger partial charge in [-0.2, -0.15) is 0 Å². The van der Waals surface area contributed by atoms with Crippen molar-refractivity contribution >= 4 is 0 Å². The molecule has 0 heterocycles. The van der Waals surface area contributed by atoms with Gasteiger partial charge in [-0.3, -0.25) is 0 Å². The van der Waals surface area contributed by atoms with E-state index < -0.39 is 0 Å². The second-order valence-corrected chi connectivity index (χ2v) is 6.19. The van der Waals surface area contributed by atoms with Crippen molar-refractivity contribution < 1.29 is 0 Å². The molecular weight excluding hydrogens is 256 g/mol. The minimum absolute atomic E-state index is 0.168. The molecule has 0 aliphatic rings. The molecule has 1 unspecified atom stereocenters. The van der Waals surface area contributed by atoms with Crippen LogP contribution >= 0.6 is 0 Å². The molecule has 0 aliphatic carbocycles. The summed E-state index contributed by atoms with van der Waals surface area (Å²) in [5.41, 5.74) is 3.03. The molecule has 1 atom stereocenters. The fourth-order valence-corrected chi connectivity index (χ4v) is 3.45. The summed E-state index contributed by atoms with van der Waals surface area (Å²) in [7, 11) is 4.44. The number of rotatable bonds is 9. The van der Waals surface area contributed by atoms with Gasteiger partial charge in [-0.1, -0.05) is 52.0 Å². The molecule has 0 aromatic heterocycles. The molecule has 0 spiro atoms. The highest BCUT2D eigenvalue weighted by Gasteiger charge is 2.38. The average molecular weight is 290 g/mol. The molecule has 0 fully saturated rings. The molecule has 0 bridgehead atoms. The average Bonchev–Trinajstić information content (AvgIpc) is 2.51. The number of hydrogen-bond donors (Lipinski definition) is 1. The fraction of sp³-hybridized carbons (Fsp3) is 0.684. The minimum atomic E-state index is 0.168. The maximum Gasteiger partial charge on any atom is 0.0506 e. The Kier molecular flexibility index (Phi) is 7.41. The van der Waals surface area contributed by atoms with Crippen LogP contribution < -0.4 is 5.32 Å². The molecule has 120 valence electrons. The first-order valence-electron chi connectivity index (χ1n) is 8.55. The smallest absolute Gasteiger partial charge is 0.0506 e. The molecule has 0 aliphatic heterocycles. The van der Waals surface area contributed by atoms with Crippen molar-refractivity contribution in [2.75, 3.05) is 20.6 Å². The van der Waals surface area contributed by atoms with Crippen molar-refractivity contribution in [2.24, 2.45) is 0 Å². The zero-order valence-corrected chi connectivity index (χ0v) is 14.9. The van der Waals surface area contributed by atoms with Crippen LogP contribution in [-0.4, -0.2) is 31.1 Å². The number of hydrogen-bond acceptors (Lipinski definition) is 2. The summed E-state index contributed by atoms with van der Waals surface area (Å²) in [5, 5.41) is 3.82. The summed E-state index contributed by atoms with van der Waals surface area (Å²) in [6.45, 7) is 10.2. The first-order valence-corrected chi connectivity index (χ1v) is 8.55. The first kappa shape index (κ1) is 18.2. The van der Waals surface area contributed by atoms with Gasteiger partial charge in [0, 0.05) is 5.54 Å². The number of nitrogens with zero attached hydrogens (tertiary/aromatic N) is 1. The topological polar surface area (TPSA) is 15.3 Å². The van der Waals surface area contributed by atoms with Crippen molar-refractivity contribution in [3.8, 4) is 0 Å². The third kappa shape index (κ3) is 4.08. The van der Waals surface area contributed by atoms with Gasteiger partial charge in [0.15, 0.2) is 0 Å². The molecule has 21 heavy (non-hydrogen) atoms. The zero-order chi connectivity index (χ0) is 15.9. The molecule has 2 heteroatoms. The van der Waals surface area contributed by atoms with Gasteiger partial charge < -0.3 is 10.2 Å². The predicted octanol–water partition coefficient (Wildman–Crippen LogP) is 4.41. The van der Waals surface area contributed by atoms with Gasteiger partial charge in [-0.15, -0.1) is 0 Å². The van der Waals surface area contributed by atoms with Crippen LogP contribution in [0.2, 0.25) is 0 Å². The minimum Gasteiger partial charge on any atom is -0.308 e. The molecule has 2 nitrogen and oxygen atoms in total. The first-order chi connectivity index (χ1) is 10.1. The van der Waals surface area contributed by atoms with Crippen LogP contribution in [0.1, 0.15) is 64.1 Å². The number of aryl methyl sites for hydroxylation is 1. The van der Waals surface area contributed by atoms with Gasteiger partial charge in [-0.25, -0.2) is 0 Å². The van der Waals surface area contributed by atoms with Crippen molar-refractivity contribution in [2.45, 2.75) is 65.0 Å². The third-order valence-corrected chi connectivity index (χ3v) is 4.94. The van der Waals surface area contributed by atoms with E-state index in [0.717, 1.165) is 25.8 Å². The van der Waals surface area contributed by atoms with E-state index in [4.69, 9.17) is 0 Å². The quantitative estimate of drug-likeness (QED) is 0.724. The predicted molar refractivity (Wildman–Crippen MR) is 93.9 cm³/mol. The Morgan fingerprint density at radius 2 is 1.76 bits per heavy atom. The van der Waals surface area contributed by atoms with Crippen LogP contribution in [0.15, 0.2) is 24.3 Å². The Bertz CT molecular complexity index is 408. The Morgan fingerprint density at radius 3 is 2.24 bits per heavy atom. The second-order valence-electron chi connectivity index (χ2n) is 6.19. The van der Waals surface area contributed by atoms with Crippen LogP contribution in [0.3, 0.4) is 0 Å². The summed E-state index contributed by atoms with van der Waals surface area (Å²) >= 11 is 0. The van der Waals surface area contributed by atoms with E-state index in [2.05, 4.69) is 76.3 Å². The standard InChI is InChI=1S/C19H34N2/c1-7-14-20-18(19(9-3,10-4)21(5)6)17-13-11-12-16(8-2)15-17/h11-13,15,18,20H,7-10,14H2,1-6H3. The zero-order valence-electron chi connectivity index (χ0n) is 14.9. The normalized spacial score (nSPS) is 13.7. The molecular formula is C19H34N2. The number of likely N-dealkylation sites (N-methyl/N-ethyl adjacent to an activating group) is 1. The van der Waals surface area contributed by atoms with Crippen LogP contribution in [0.5, 0.6) is 0 Å². The second kappa shape index (κ2) is 8.55. The van der Waals surface area contributed by atoms with Crippen molar-refractivity contribution in [3.05, 3.63) is 35.4 Å². The van der Waals surface area contributed by atoms with Crippen LogP contribution in [0, 0.1) is 0 Å². The van der Waals surface area contributed by atoms with Crippen LogP contribution in [0.4, 0.5) is 0 Å². The van der Waals surface area contributed by atoms with Crippen LogP contribution in [-0.2, 0) is 6.42 Å². The summed E-state index contributed by atoms with van der Waals surface area (Å²) in [6.07, 6.45) is 4.56. The maximum atomic E-state index is 3.82. The summed E-state index contributed by atoms with van der Waals surface area (Å²) in [4.78, 5) is 2.42. The largest absolute Gasteiger partial charge is 0.308 e. The molecule has 0 saturated heterocycles. The van der Waals surface area contributed by atoms with E-state index in [-0.39, 0.29) is 5.54 Å². The summed E-state index contributed by atoms with van der Waals surface area (Å²) in [5.74, 6) is 0. The van der Waals surface area contributed by atoms with Gasteiger partial charge in [0.05, 0.1) is 6.04 Å². The lowest BCUT2D eigenvalue weighted by molar-refractivity contribution is 0.0881. The van der Waals surface area contributed by atoms with Gasteiger partial charge in [0.1, 0.15) is 0 Å². The Labute approximate surface area is 131 Å². The molecule has 0 radical (unpaired) electrons. The number of benzene rings is 1.